The number of carbonyl (C=O) groups is 1. The van der Waals surface area contributed by atoms with E-state index >= 15 is 0 Å². The van der Waals surface area contributed by atoms with Crippen LogP contribution in [0, 0.1) is 0 Å². The predicted octanol–water partition coefficient (Wildman–Crippen LogP) is 3.87. The number of carbonyl (C=O) groups excluding carboxylic acids is 1. The quantitative estimate of drug-likeness (QED) is 0.686. The molecule has 0 spiro atoms. The second-order valence-corrected chi connectivity index (χ2v) is 5.01. The monoisotopic (exact) mass is 316 g/mol. The minimum Gasteiger partial charge on any atom is -0.497 e. The number of aromatic nitrogens is 2. The first kappa shape index (κ1) is 14.2. The highest BCUT2D eigenvalue weighted by atomic mass is 35.5. The normalized spacial score (nSPS) is 10.5. The second kappa shape index (κ2) is 5.95. The SMILES string of the molecule is COc1ccc2[nH]nc(NC(=O)Nc3cccc(Cl)c3)c2c1. The van der Waals surface area contributed by atoms with Crippen molar-refractivity contribution in [2.24, 2.45) is 0 Å². The summed E-state index contributed by atoms with van der Waals surface area (Å²) in [5.41, 5.74) is 1.40. The largest absolute Gasteiger partial charge is 0.497 e. The van der Waals surface area contributed by atoms with Gasteiger partial charge >= 0.3 is 6.03 Å². The standard InChI is InChI=1S/C15H13ClN4O2/c1-22-11-5-6-13-12(8-11)14(20-19-13)18-15(21)17-10-4-2-3-9(16)7-10/h2-8H,1H3,(H3,17,18,19,20,21). The molecule has 3 N–H and O–H groups in total. The van der Waals surface area contributed by atoms with Crippen LogP contribution < -0.4 is 15.4 Å². The average Bonchev–Trinajstić information content (AvgIpc) is 2.89. The molecular weight excluding hydrogens is 304 g/mol. The Hall–Kier alpha value is -2.73. The Labute approximate surface area is 131 Å². The molecule has 112 valence electrons. The third-order valence-electron chi connectivity index (χ3n) is 3.08. The van der Waals surface area contributed by atoms with Gasteiger partial charge in [-0.05, 0) is 36.4 Å². The maximum absolute atomic E-state index is 12.0. The molecule has 0 aliphatic heterocycles. The van der Waals surface area contributed by atoms with Crippen molar-refractivity contribution in [2.75, 3.05) is 17.7 Å². The van der Waals surface area contributed by atoms with Gasteiger partial charge in [-0.25, -0.2) is 4.79 Å². The lowest BCUT2D eigenvalue weighted by atomic mass is 10.2. The summed E-state index contributed by atoms with van der Waals surface area (Å²) in [6.45, 7) is 0. The fraction of sp³-hybridized carbons (Fsp3) is 0.0667. The highest BCUT2D eigenvalue weighted by Gasteiger charge is 2.10. The number of anilines is 2. The number of urea groups is 1. The van der Waals surface area contributed by atoms with Gasteiger partial charge in [0.1, 0.15) is 5.75 Å². The molecule has 0 unspecified atom stereocenters. The number of hydrogen-bond donors (Lipinski definition) is 3. The summed E-state index contributed by atoms with van der Waals surface area (Å²) in [6, 6.07) is 11.9. The number of aromatic amines is 1. The molecule has 1 aromatic heterocycles. The molecule has 1 heterocycles. The Kier molecular flexibility index (Phi) is 3.84. The Morgan fingerprint density at radius 3 is 2.86 bits per heavy atom. The zero-order valence-electron chi connectivity index (χ0n) is 11.7. The number of halogens is 1. The van der Waals surface area contributed by atoms with Crippen LogP contribution in [0.3, 0.4) is 0 Å². The van der Waals surface area contributed by atoms with Crippen molar-refractivity contribution in [1.29, 1.82) is 0 Å². The molecule has 2 aromatic carbocycles. The molecular formula is C15H13ClN4O2. The maximum atomic E-state index is 12.0. The van der Waals surface area contributed by atoms with Crippen LogP contribution in [0.5, 0.6) is 5.75 Å². The molecule has 3 rings (SSSR count). The van der Waals surface area contributed by atoms with E-state index in [2.05, 4.69) is 20.8 Å². The number of H-pyrrole nitrogens is 1. The van der Waals surface area contributed by atoms with Crippen molar-refractivity contribution >= 4 is 40.0 Å². The van der Waals surface area contributed by atoms with Gasteiger partial charge in [-0.2, -0.15) is 5.10 Å². The van der Waals surface area contributed by atoms with Crippen molar-refractivity contribution in [3.63, 3.8) is 0 Å². The number of methoxy groups -OCH3 is 1. The number of nitrogens with one attached hydrogen (secondary N) is 3. The minimum absolute atomic E-state index is 0.404. The Bertz CT molecular complexity index is 831. The third-order valence-corrected chi connectivity index (χ3v) is 3.32. The molecule has 0 fully saturated rings. The maximum Gasteiger partial charge on any atom is 0.324 e. The van der Waals surface area contributed by atoms with Crippen molar-refractivity contribution in [3.05, 3.63) is 47.5 Å². The predicted molar refractivity (Wildman–Crippen MR) is 86.7 cm³/mol. The highest BCUT2D eigenvalue weighted by Crippen LogP contribution is 2.25. The molecule has 7 heteroatoms. The van der Waals surface area contributed by atoms with Crippen LogP contribution >= 0.6 is 11.6 Å². The molecule has 0 atom stereocenters. The lowest BCUT2D eigenvalue weighted by molar-refractivity contribution is 0.262. The van der Waals surface area contributed by atoms with Crippen LogP contribution in [0.4, 0.5) is 16.3 Å². The third kappa shape index (κ3) is 2.96. The second-order valence-electron chi connectivity index (χ2n) is 4.57. The first-order valence-corrected chi connectivity index (χ1v) is 6.89. The average molecular weight is 317 g/mol. The lowest BCUT2D eigenvalue weighted by Gasteiger charge is -2.06. The Morgan fingerprint density at radius 2 is 2.09 bits per heavy atom. The van der Waals surface area contributed by atoms with E-state index in [-0.39, 0.29) is 0 Å². The van der Waals surface area contributed by atoms with Gasteiger partial charge in [0.25, 0.3) is 0 Å². The van der Waals surface area contributed by atoms with Gasteiger partial charge in [0.15, 0.2) is 5.82 Å². The zero-order chi connectivity index (χ0) is 15.5. The van der Waals surface area contributed by atoms with E-state index in [4.69, 9.17) is 16.3 Å². The van der Waals surface area contributed by atoms with Crippen molar-refractivity contribution < 1.29 is 9.53 Å². The van der Waals surface area contributed by atoms with Crippen LogP contribution in [0.15, 0.2) is 42.5 Å². The van der Waals surface area contributed by atoms with E-state index in [0.29, 0.717) is 22.3 Å². The van der Waals surface area contributed by atoms with E-state index in [1.54, 1.807) is 37.4 Å². The first-order chi connectivity index (χ1) is 10.7. The molecule has 0 bridgehead atoms. The molecule has 6 nitrogen and oxygen atoms in total. The number of hydrogen-bond acceptors (Lipinski definition) is 3. The molecule has 0 aliphatic carbocycles. The summed E-state index contributed by atoms with van der Waals surface area (Å²) in [7, 11) is 1.58. The lowest BCUT2D eigenvalue weighted by Crippen LogP contribution is -2.19. The van der Waals surface area contributed by atoms with Gasteiger partial charge in [0, 0.05) is 16.1 Å². The molecule has 0 saturated carbocycles. The summed E-state index contributed by atoms with van der Waals surface area (Å²) in [6.07, 6.45) is 0. The van der Waals surface area contributed by atoms with Gasteiger partial charge in [-0.15, -0.1) is 0 Å². The number of ether oxygens (including phenoxy) is 1. The van der Waals surface area contributed by atoms with Gasteiger partial charge < -0.3 is 10.1 Å². The van der Waals surface area contributed by atoms with Gasteiger partial charge in [0.05, 0.1) is 12.6 Å². The molecule has 22 heavy (non-hydrogen) atoms. The Balaban J connectivity index is 1.79. The first-order valence-electron chi connectivity index (χ1n) is 6.51. The van der Waals surface area contributed by atoms with Crippen LogP contribution in [0.2, 0.25) is 5.02 Å². The van der Waals surface area contributed by atoms with Crippen LogP contribution in [-0.2, 0) is 0 Å². The summed E-state index contributed by atoms with van der Waals surface area (Å²) in [5, 5.41) is 13.6. The fourth-order valence-electron chi connectivity index (χ4n) is 2.05. The number of fused-ring (bicyclic) bond motifs is 1. The van der Waals surface area contributed by atoms with Crippen molar-refractivity contribution in [1.82, 2.24) is 10.2 Å². The molecule has 3 aromatic rings. The molecule has 2 amide bonds. The van der Waals surface area contributed by atoms with Crippen LogP contribution in [-0.4, -0.2) is 23.3 Å². The summed E-state index contributed by atoms with van der Waals surface area (Å²) >= 11 is 5.88. The van der Waals surface area contributed by atoms with Crippen LogP contribution in [0.1, 0.15) is 0 Å². The van der Waals surface area contributed by atoms with Crippen molar-refractivity contribution in [3.8, 4) is 5.75 Å². The summed E-state index contributed by atoms with van der Waals surface area (Å²) in [5.74, 6) is 1.11. The number of nitrogens with zero attached hydrogens (tertiary/aromatic N) is 1. The Morgan fingerprint density at radius 1 is 1.23 bits per heavy atom. The van der Waals surface area contributed by atoms with E-state index in [0.717, 1.165) is 10.9 Å². The molecule has 0 aliphatic rings. The van der Waals surface area contributed by atoms with Crippen molar-refractivity contribution in [2.45, 2.75) is 0 Å². The van der Waals surface area contributed by atoms with E-state index in [9.17, 15) is 4.79 Å². The smallest absolute Gasteiger partial charge is 0.324 e. The minimum atomic E-state index is -0.404. The number of amides is 2. The topological polar surface area (TPSA) is 79.0 Å². The summed E-state index contributed by atoms with van der Waals surface area (Å²) in [4.78, 5) is 12.0. The highest BCUT2D eigenvalue weighted by molar-refractivity contribution is 6.30. The number of benzene rings is 2. The van der Waals surface area contributed by atoms with E-state index in [1.807, 2.05) is 12.1 Å². The van der Waals surface area contributed by atoms with E-state index in [1.165, 1.54) is 0 Å². The fourth-order valence-corrected chi connectivity index (χ4v) is 2.24. The van der Waals surface area contributed by atoms with E-state index < -0.39 is 6.03 Å². The molecule has 0 radical (unpaired) electrons. The zero-order valence-corrected chi connectivity index (χ0v) is 12.4. The molecule has 0 saturated heterocycles. The van der Waals surface area contributed by atoms with Gasteiger partial charge in [-0.3, -0.25) is 10.4 Å². The van der Waals surface area contributed by atoms with Gasteiger partial charge in [-0.1, -0.05) is 17.7 Å². The van der Waals surface area contributed by atoms with Crippen LogP contribution in [0.25, 0.3) is 10.9 Å². The summed E-state index contributed by atoms with van der Waals surface area (Å²) < 4.78 is 5.18. The van der Waals surface area contributed by atoms with Gasteiger partial charge in [0.2, 0.25) is 0 Å². The number of rotatable bonds is 3.